The molecule has 138 valence electrons. The van der Waals surface area contributed by atoms with Crippen LogP contribution in [0.1, 0.15) is 35.9 Å². The summed E-state index contributed by atoms with van der Waals surface area (Å²) in [4.78, 5) is 24.2. The summed E-state index contributed by atoms with van der Waals surface area (Å²) in [7, 11) is 0. The zero-order chi connectivity index (χ0) is 19.2. The summed E-state index contributed by atoms with van der Waals surface area (Å²) in [5.41, 5.74) is 0.253. The third-order valence-electron chi connectivity index (χ3n) is 4.62. The number of fused-ring (bicyclic) bond motifs is 3. The number of ether oxygens (including phenoxy) is 2. The van der Waals surface area contributed by atoms with Gasteiger partial charge in [-0.3, -0.25) is 0 Å². The molecule has 0 N–H and O–H groups in total. The van der Waals surface area contributed by atoms with Crippen molar-refractivity contribution >= 4 is 32.9 Å². The molecule has 0 unspecified atom stereocenters. The van der Waals surface area contributed by atoms with E-state index in [9.17, 15) is 9.59 Å². The Morgan fingerprint density at radius 3 is 2.52 bits per heavy atom. The fraction of sp³-hybridized carbons (Fsp3) is 0.238. The maximum atomic E-state index is 12.7. The third kappa shape index (κ3) is 3.14. The summed E-state index contributed by atoms with van der Waals surface area (Å²) < 4.78 is 17.4. The Morgan fingerprint density at radius 2 is 1.78 bits per heavy atom. The van der Waals surface area contributed by atoms with Gasteiger partial charge in [0.1, 0.15) is 16.9 Å². The van der Waals surface area contributed by atoms with E-state index < -0.39 is 23.3 Å². The molecule has 0 aliphatic carbocycles. The summed E-state index contributed by atoms with van der Waals surface area (Å²) in [6, 6.07) is 15.4. The predicted octanol–water partition coefficient (Wildman–Crippen LogP) is 4.63. The summed E-state index contributed by atoms with van der Waals surface area (Å²) in [5, 5.41) is 0.733. The smallest absolute Gasteiger partial charge is 0.338 e. The minimum atomic E-state index is -0.689. The van der Waals surface area contributed by atoms with E-state index >= 15 is 0 Å². The van der Waals surface area contributed by atoms with Gasteiger partial charge in [-0.2, -0.15) is 0 Å². The number of rotatable bonds is 2. The normalized spacial score (nSPS) is 20.6. The van der Waals surface area contributed by atoms with E-state index in [1.807, 2.05) is 32.0 Å². The fourth-order valence-corrected chi connectivity index (χ4v) is 3.69. The van der Waals surface area contributed by atoms with Crippen molar-refractivity contribution in [3.8, 4) is 5.75 Å². The van der Waals surface area contributed by atoms with Gasteiger partial charge in [0.2, 0.25) is 0 Å². The van der Waals surface area contributed by atoms with Crippen LogP contribution in [-0.2, 0) is 4.74 Å². The van der Waals surface area contributed by atoms with E-state index in [0.29, 0.717) is 22.5 Å². The fourth-order valence-electron chi connectivity index (χ4n) is 3.22. The molecule has 1 aliphatic rings. The zero-order valence-electron chi connectivity index (χ0n) is 14.8. The molecule has 5 nitrogen and oxygen atoms in total. The molecule has 4 rings (SSSR count). The predicted molar refractivity (Wildman–Crippen MR) is 105 cm³/mol. The minimum Gasteiger partial charge on any atom is -0.486 e. The van der Waals surface area contributed by atoms with Crippen molar-refractivity contribution in [1.82, 2.24) is 0 Å². The van der Waals surface area contributed by atoms with Crippen LogP contribution in [0.25, 0.3) is 11.0 Å². The molecule has 3 aromatic rings. The number of halogens is 1. The van der Waals surface area contributed by atoms with Crippen LogP contribution in [0.2, 0.25) is 0 Å². The number of esters is 1. The van der Waals surface area contributed by atoms with E-state index in [-0.39, 0.29) is 4.83 Å². The van der Waals surface area contributed by atoms with Crippen molar-refractivity contribution in [2.75, 3.05) is 0 Å². The van der Waals surface area contributed by atoms with Crippen LogP contribution in [0.4, 0.5) is 0 Å². The highest BCUT2D eigenvalue weighted by Gasteiger charge is 2.46. The van der Waals surface area contributed by atoms with Crippen LogP contribution in [0.15, 0.2) is 63.8 Å². The topological polar surface area (TPSA) is 65.7 Å². The lowest BCUT2D eigenvalue weighted by Gasteiger charge is -2.41. The molecule has 0 saturated carbocycles. The average molecular weight is 429 g/mol. The Labute approximate surface area is 164 Å². The lowest BCUT2D eigenvalue weighted by Crippen LogP contribution is -2.46. The monoisotopic (exact) mass is 428 g/mol. The second kappa shape index (κ2) is 6.53. The lowest BCUT2D eigenvalue weighted by molar-refractivity contribution is -0.00857. The summed E-state index contributed by atoms with van der Waals surface area (Å²) in [6.45, 7) is 3.81. The van der Waals surface area contributed by atoms with Gasteiger partial charge in [-0.1, -0.05) is 34.1 Å². The molecule has 0 radical (unpaired) electrons. The molecule has 1 aliphatic heterocycles. The third-order valence-corrected chi connectivity index (χ3v) is 6.20. The molecule has 0 fully saturated rings. The van der Waals surface area contributed by atoms with Gasteiger partial charge in [-0.15, -0.1) is 0 Å². The number of carbonyl (C=O) groups excluding carboxylic acids is 1. The van der Waals surface area contributed by atoms with Crippen LogP contribution in [0, 0.1) is 0 Å². The van der Waals surface area contributed by atoms with Crippen molar-refractivity contribution in [3.63, 3.8) is 0 Å². The van der Waals surface area contributed by atoms with Crippen molar-refractivity contribution in [2.24, 2.45) is 0 Å². The molecule has 0 saturated heterocycles. The Kier molecular flexibility index (Phi) is 4.30. The van der Waals surface area contributed by atoms with Crippen LogP contribution in [0.5, 0.6) is 5.75 Å². The van der Waals surface area contributed by atoms with Crippen LogP contribution >= 0.6 is 15.9 Å². The van der Waals surface area contributed by atoms with Crippen LogP contribution in [0.3, 0.4) is 0 Å². The van der Waals surface area contributed by atoms with Gasteiger partial charge in [0.25, 0.3) is 0 Å². The molecule has 27 heavy (non-hydrogen) atoms. The minimum absolute atomic E-state index is 0.346. The second-order valence-corrected chi connectivity index (χ2v) is 7.94. The maximum absolute atomic E-state index is 12.7. The molecule has 2 aromatic carbocycles. The van der Waals surface area contributed by atoms with Gasteiger partial charge >= 0.3 is 11.6 Å². The Hall–Kier alpha value is -2.60. The molecule has 6 heteroatoms. The lowest BCUT2D eigenvalue weighted by atomic mass is 9.90. The zero-order valence-corrected chi connectivity index (χ0v) is 16.4. The molecule has 0 bridgehead atoms. The van der Waals surface area contributed by atoms with Crippen molar-refractivity contribution < 1.29 is 18.7 Å². The molecular formula is C21H17BrO5. The number of hydrogen-bond donors (Lipinski definition) is 0. The highest BCUT2D eigenvalue weighted by molar-refractivity contribution is 9.09. The first-order chi connectivity index (χ1) is 12.9. The number of alkyl halides is 1. The highest BCUT2D eigenvalue weighted by Crippen LogP contribution is 2.48. The van der Waals surface area contributed by atoms with Gasteiger partial charge in [0.05, 0.1) is 16.0 Å². The van der Waals surface area contributed by atoms with E-state index in [2.05, 4.69) is 15.9 Å². The largest absolute Gasteiger partial charge is 0.486 e. The Bertz CT molecular complexity index is 1070. The number of benzene rings is 2. The van der Waals surface area contributed by atoms with Crippen molar-refractivity contribution in [2.45, 2.75) is 30.4 Å². The first-order valence-electron chi connectivity index (χ1n) is 8.53. The Morgan fingerprint density at radius 1 is 1.07 bits per heavy atom. The van der Waals surface area contributed by atoms with E-state index in [0.717, 1.165) is 5.39 Å². The summed E-state index contributed by atoms with van der Waals surface area (Å²) in [5.74, 6) is 0.0763. The van der Waals surface area contributed by atoms with Gasteiger partial charge in [-0.25, -0.2) is 9.59 Å². The van der Waals surface area contributed by atoms with E-state index in [4.69, 9.17) is 13.9 Å². The standard InChI is InChI=1S/C21H17BrO5/c1-21(2)19(22)18(26-20(24)13-6-4-3-5-7-13)16-14(27-21)10-8-12-9-11-15(23)25-17(12)16/h3-11,18-19H,1-2H3/t18-,19+/m0/s1. The van der Waals surface area contributed by atoms with E-state index in [1.54, 1.807) is 30.3 Å². The molecule has 1 aromatic heterocycles. The first-order valence-corrected chi connectivity index (χ1v) is 9.44. The highest BCUT2D eigenvalue weighted by atomic mass is 79.9. The van der Waals surface area contributed by atoms with Gasteiger partial charge in [0, 0.05) is 11.5 Å². The Balaban J connectivity index is 1.86. The average Bonchev–Trinajstić information content (AvgIpc) is 2.65. The summed E-state index contributed by atoms with van der Waals surface area (Å²) in [6.07, 6.45) is -0.689. The molecule has 2 heterocycles. The van der Waals surface area contributed by atoms with Crippen LogP contribution < -0.4 is 10.4 Å². The first kappa shape index (κ1) is 17.8. The quantitative estimate of drug-likeness (QED) is 0.338. The van der Waals surface area contributed by atoms with Gasteiger partial charge in [-0.05, 0) is 44.2 Å². The number of carbonyl (C=O) groups is 1. The van der Waals surface area contributed by atoms with Gasteiger partial charge < -0.3 is 13.9 Å². The molecule has 2 atom stereocenters. The van der Waals surface area contributed by atoms with Crippen molar-refractivity contribution in [1.29, 1.82) is 0 Å². The van der Waals surface area contributed by atoms with Crippen molar-refractivity contribution in [3.05, 3.63) is 76.1 Å². The molecule has 0 amide bonds. The van der Waals surface area contributed by atoms with Gasteiger partial charge in [0.15, 0.2) is 6.10 Å². The molecule has 0 spiro atoms. The molecular weight excluding hydrogens is 412 g/mol. The van der Waals surface area contributed by atoms with Crippen LogP contribution in [-0.4, -0.2) is 16.4 Å². The van der Waals surface area contributed by atoms with E-state index in [1.165, 1.54) is 6.07 Å². The number of hydrogen-bond acceptors (Lipinski definition) is 5. The summed E-state index contributed by atoms with van der Waals surface area (Å²) >= 11 is 3.63. The second-order valence-electron chi connectivity index (χ2n) is 6.95. The maximum Gasteiger partial charge on any atom is 0.338 e. The SMILES string of the molecule is CC1(C)Oc2ccc3ccc(=O)oc3c2[C@H](OC(=O)c2ccccc2)[C@H]1Br.